The van der Waals surface area contributed by atoms with Crippen molar-refractivity contribution >= 4 is 18.0 Å². The highest BCUT2D eigenvalue weighted by atomic mass is 32.2. The second-order valence-electron chi connectivity index (χ2n) is 8.88. The van der Waals surface area contributed by atoms with E-state index < -0.39 is 18.0 Å². The molecule has 0 spiro atoms. The van der Waals surface area contributed by atoms with Gasteiger partial charge >= 0.3 is 0 Å². The van der Waals surface area contributed by atoms with Gasteiger partial charge in [0.25, 0.3) is 0 Å². The van der Waals surface area contributed by atoms with E-state index in [0.29, 0.717) is 5.92 Å². The van der Waals surface area contributed by atoms with E-state index in [4.69, 9.17) is 4.43 Å². The fourth-order valence-electron chi connectivity index (χ4n) is 4.42. The lowest BCUT2D eigenvalue weighted by Gasteiger charge is -2.40. The summed E-state index contributed by atoms with van der Waals surface area (Å²) in [7, 11) is -2.85. The number of hydrogen-bond acceptors (Lipinski definition) is 3. The summed E-state index contributed by atoms with van der Waals surface area (Å²) in [5.41, 5.74) is 2.26. The second-order valence-corrected chi connectivity index (χ2v) is 15.8. The van der Waals surface area contributed by atoms with Gasteiger partial charge in [-0.25, -0.2) is 8.57 Å². The van der Waals surface area contributed by atoms with Gasteiger partial charge in [0.2, 0.25) is 0 Å². The van der Waals surface area contributed by atoms with Crippen molar-refractivity contribution in [3.8, 4) is 0 Å². The maximum atomic E-state index is 13.9. The molecule has 0 saturated heterocycles. The van der Waals surface area contributed by atoms with Gasteiger partial charge in [-0.15, -0.1) is 0 Å². The number of hydrogen-bond donors (Lipinski definition) is 0. The van der Waals surface area contributed by atoms with Gasteiger partial charge in [0.05, 0.1) is 20.7 Å². The molecule has 5 heteroatoms. The number of benzene rings is 2. The molecular formula is C27H41NO2SSi. The van der Waals surface area contributed by atoms with Crippen LogP contribution in [0.25, 0.3) is 0 Å². The van der Waals surface area contributed by atoms with Crippen LogP contribution in [0.15, 0.2) is 80.9 Å². The van der Waals surface area contributed by atoms with E-state index in [1.54, 1.807) is 7.05 Å². The summed E-state index contributed by atoms with van der Waals surface area (Å²) < 4.78 is 25.3. The van der Waals surface area contributed by atoms with Crippen molar-refractivity contribution in [3.63, 3.8) is 0 Å². The molecular weight excluding hydrogens is 430 g/mol. The summed E-state index contributed by atoms with van der Waals surface area (Å²) in [4.78, 5) is 0.745. The third-order valence-corrected chi connectivity index (χ3v) is 13.5. The Morgan fingerprint density at radius 2 is 1.47 bits per heavy atom. The molecule has 0 fully saturated rings. The maximum Gasteiger partial charge on any atom is 0.192 e. The number of rotatable bonds is 11. The molecule has 0 aliphatic rings. The van der Waals surface area contributed by atoms with Crippen LogP contribution in [0.5, 0.6) is 0 Å². The molecule has 0 bridgehead atoms. The molecule has 0 saturated carbocycles. The summed E-state index contributed by atoms with van der Waals surface area (Å²) in [6.45, 7) is 13.4. The Bertz CT molecular complexity index is 967. The van der Waals surface area contributed by atoms with E-state index in [1.807, 2.05) is 41.8 Å². The first kappa shape index (κ1) is 26.6. The summed E-state index contributed by atoms with van der Waals surface area (Å²) in [5, 5.41) is 1.89. The lowest BCUT2D eigenvalue weighted by molar-refractivity contribution is 0.120. The smallest absolute Gasteiger partial charge is 0.192 e. The van der Waals surface area contributed by atoms with Crippen LogP contribution in [-0.2, 0) is 14.2 Å². The molecule has 0 aliphatic heterocycles. The first-order chi connectivity index (χ1) is 15.3. The van der Waals surface area contributed by atoms with Crippen molar-refractivity contribution in [2.45, 2.75) is 76.6 Å². The van der Waals surface area contributed by atoms with E-state index >= 15 is 0 Å². The van der Waals surface area contributed by atoms with E-state index in [-0.39, 0.29) is 12.0 Å². The van der Waals surface area contributed by atoms with Crippen LogP contribution in [-0.4, -0.2) is 25.7 Å². The normalized spacial score (nSPS) is 16.4. The van der Waals surface area contributed by atoms with Crippen LogP contribution in [0, 0.1) is 5.92 Å². The van der Waals surface area contributed by atoms with Crippen molar-refractivity contribution in [1.29, 1.82) is 0 Å². The van der Waals surface area contributed by atoms with Crippen molar-refractivity contribution in [1.82, 2.24) is 0 Å². The fraction of sp³-hybridized carbons (Fsp3) is 0.481. The van der Waals surface area contributed by atoms with Gasteiger partial charge in [-0.05, 0) is 48.7 Å². The molecule has 0 N–H and O–H groups in total. The SMILES string of the molecule is CC[Si](CC)(CC)O[C@@H](C(C)C)[C@@H](/C(C)=C\S(=O)(=NC)c1ccccc1)c1ccccc1. The first-order valence-electron chi connectivity index (χ1n) is 11.9. The highest BCUT2D eigenvalue weighted by molar-refractivity contribution is 7.96. The van der Waals surface area contributed by atoms with E-state index in [0.717, 1.165) is 28.6 Å². The molecule has 0 radical (unpaired) electrons. The molecule has 1 unspecified atom stereocenters. The summed E-state index contributed by atoms with van der Waals surface area (Å²) >= 11 is 0. The minimum atomic E-state index is -2.66. The monoisotopic (exact) mass is 471 g/mol. The van der Waals surface area contributed by atoms with Crippen molar-refractivity contribution in [3.05, 3.63) is 77.2 Å². The molecule has 3 nitrogen and oxygen atoms in total. The third-order valence-electron chi connectivity index (χ3n) is 6.65. The highest BCUT2D eigenvalue weighted by Crippen LogP contribution is 2.38. The zero-order valence-corrected chi connectivity index (χ0v) is 22.7. The molecule has 0 aromatic heterocycles. The Morgan fingerprint density at radius 3 is 1.91 bits per heavy atom. The summed E-state index contributed by atoms with van der Waals surface area (Å²) in [6, 6.07) is 23.4. The van der Waals surface area contributed by atoms with Gasteiger partial charge in [-0.3, -0.25) is 0 Å². The molecule has 32 heavy (non-hydrogen) atoms. The van der Waals surface area contributed by atoms with Crippen LogP contribution in [0.2, 0.25) is 18.1 Å². The van der Waals surface area contributed by atoms with E-state index in [1.165, 1.54) is 5.56 Å². The Balaban J connectivity index is 2.64. The predicted molar refractivity (Wildman–Crippen MR) is 141 cm³/mol. The zero-order chi connectivity index (χ0) is 23.8. The Hall–Kier alpha value is -1.69. The Labute approximate surface area is 197 Å². The third kappa shape index (κ3) is 6.21. The predicted octanol–water partition coefficient (Wildman–Crippen LogP) is 7.88. The molecule has 2 rings (SSSR count). The number of nitrogens with zero attached hydrogens (tertiary/aromatic N) is 1. The van der Waals surface area contributed by atoms with Crippen LogP contribution < -0.4 is 0 Å². The molecule has 3 atom stereocenters. The molecule has 2 aromatic rings. The van der Waals surface area contributed by atoms with Gasteiger partial charge in [0, 0.05) is 18.4 Å². The van der Waals surface area contributed by atoms with E-state index in [2.05, 4.69) is 70.2 Å². The summed E-state index contributed by atoms with van der Waals surface area (Å²) in [6.07, 6.45) is 0.0245. The molecule has 0 amide bonds. The zero-order valence-electron chi connectivity index (χ0n) is 20.9. The minimum absolute atomic E-state index is 0.0245. The first-order valence-corrected chi connectivity index (χ1v) is 16.0. The highest BCUT2D eigenvalue weighted by Gasteiger charge is 2.37. The largest absolute Gasteiger partial charge is 0.413 e. The Morgan fingerprint density at radius 1 is 0.969 bits per heavy atom. The minimum Gasteiger partial charge on any atom is -0.413 e. The van der Waals surface area contributed by atoms with E-state index in [9.17, 15) is 4.21 Å². The molecule has 2 aromatic carbocycles. The lowest BCUT2D eigenvalue weighted by atomic mass is 9.83. The van der Waals surface area contributed by atoms with Crippen LogP contribution in [0.3, 0.4) is 0 Å². The van der Waals surface area contributed by atoms with Gasteiger partial charge in [-0.2, -0.15) is 0 Å². The van der Waals surface area contributed by atoms with Crippen molar-refractivity contribution in [2.24, 2.45) is 10.3 Å². The second kappa shape index (κ2) is 12.0. The van der Waals surface area contributed by atoms with Crippen molar-refractivity contribution < 1.29 is 8.63 Å². The Kier molecular flexibility index (Phi) is 9.93. The summed E-state index contributed by atoms with van der Waals surface area (Å²) in [5.74, 6) is 0.352. The van der Waals surface area contributed by atoms with Gasteiger partial charge in [0.1, 0.15) is 0 Å². The molecule has 0 heterocycles. The average molecular weight is 472 g/mol. The van der Waals surface area contributed by atoms with Gasteiger partial charge < -0.3 is 4.43 Å². The van der Waals surface area contributed by atoms with Crippen LogP contribution >= 0.6 is 0 Å². The van der Waals surface area contributed by atoms with Crippen LogP contribution in [0.4, 0.5) is 0 Å². The van der Waals surface area contributed by atoms with Crippen LogP contribution in [0.1, 0.15) is 53.0 Å². The fourth-order valence-corrected chi connectivity index (χ4v) is 9.05. The van der Waals surface area contributed by atoms with Crippen molar-refractivity contribution in [2.75, 3.05) is 7.05 Å². The topological polar surface area (TPSA) is 38.7 Å². The molecule has 0 aliphatic carbocycles. The average Bonchev–Trinajstić information content (AvgIpc) is 2.82. The standard InChI is InChI=1S/C27H41NO2SSi/c1-8-32(9-2,10-3)30-27(22(4)5)26(24-17-13-11-14-18-24)23(6)21-31(29,28-7)25-19-15-12-16-20-25/h11-22,26-27H,8-10H2,1-7H3/b23-21-/t26-,27-,31?/m0/s1. The maximum absolute atomic E-state index is 13.9. The lowest BCUT2D eigenvalue weighted by Crippen LogP contribution is -2.44. The van der Waals surface area contributed by atoms with Gasteiger partial charge in [-0.1, -0.05) is 88.7 Å². The quantitative estimate of drug-likeness (QED) is 0.313. The van der Waals surface area contributed by atoms with Gasteiger partial charge in [0.15, 0.2) is 8.32 Å². The molecule has 176 valence electrons.